The molecule has 1 heterocycles. The van der Waals surface area contributed by atoms with Gasteiger partial charge in [0.25, 0.3) is 0 Å². The molecule has 3 aromatic rings. The lowest BCUT2D eigenvalue weighted by atomic mass is 9.99. The second-order valence-electron chi connectivity index (χ2n) is 6.59. The summed E-state index contributed by atoms with van der Waals surface area (Å²) in [7, 11) is 1.57. The summed E-state index contributed by atoms with van der Waals surface area (Å²) >= 11 is 1.39. The van der Waals surface area contributed by atoms with Crippen molar-refractivity contribution >= 4 is 33.6 Å². The van der Waals surface area contributed by atoms with Crippen molar-refractivity contribution in [3.8, 4) is 5.75 Å². The minimum absolute atomic E-state index is 0.396. The van der Waals surface area contributed by atoms with Crippen LogP contribution in [-0.2, 0) is 5.75 Å². The molecule has 2 aromatic carbocycles. The van der Waals surface area contributed by atoms with Gasteiger partial charge in [-0.2, -0.15) is 0 Å². The van der Waals surface area contributed by atoms with Gasteiger partial charge in [0, 0.05) is 23.3 Å². The summed E-state index contributed by atoms with van der Waals surface area (Å²) in [5.41, 5.74) is 9.17. The van der Waals surface area contributed by atoms with E-state index in [0.717, 1.165) is 23.1 Å². The van der Waals surface area contributed by atoms with Gasteiger partial charge in [-0.3, -0.25) is 0 Å². The van der Waals surface area contributed by atoms with Gasteiger partial charge in [-0.1, -0.05) is 37.7 Å². The van der Waals surface area contributed by atoms with Crippen LogP contribution in [0.1, 0.15) is 37.3 Å². The molecule has 146 valence electrons. The summed E-state index contributed by atoms with van der Waals surface area (Å²) in [6.07, 6.45) is 1.10. The van der Waals surface area contributed by atoms with Crippen LogP contribution in [0.3, 0.4) is 0 Å². The smallest absolute Gasteiger partial charge is 0.336 e. The maximum Gasteiger partial charge on any atom is 0.336 e. The number of nitrogens with zero attached hydrogens (tertiary/aromatic N) is 1. The maximum absolute atomic E-state index is 11.9. The van der Waals surface area contributed by atoms with Crippen molar-refractivity contribution < 1.29 is 9.15 Å². The summed E-state index contributed by atoms with van der Waals surface area (Å²) in [6, 6.07) is 15.1. The van der Waals surface area contributed by atoms with Crippen molar-refractivity contribution in [2.75, 3.05) is 7.11 Å². The number of ether oxygens (including phenoxy) is 1. The lowest BCUT2D eigenvalue weighted by Gasteiger charge is -2.09. The first-order valence-electron chi connectivity index (χ1n) is 9.18. The number of thioether (sulfide) groups is 1. The van der Waals surface area contributed by atoms with Gasteiger partial charge in [0.1, 0.15) is 11.3 Å². The minimum atomic E-state index is -0.396. The Hall–Kier alpha value is -2.73. The highest BCUT2D eigenvalue weighted by Gasteiger charge is 2.08. The third kappa shape index (κ3) is 4.75. The van der Waals surface area contributed by atoms with Gasteiger partial charge in [0.15, 0.2) is 5.17 Å². The van der Waals surface area contributed by atoms with Crippen LogP contribution < -0.4 is 16.1 Å². The molecule has 0 saturated heterocycles. The van der Waals surface area contributed by atoms with E-state index in [1.54, 1.807) is 13.2 Å². The first kappa shape index (κ1) is 20.0. The number of amidine groups is 1. The summed E-state index contributed by atoms with van der Waals surface area (Å²) in [6.45, 7) is 4.38. The fraction of sp³-hybridized carbons (Fsp3) is 0.273. The Labute approximate surface area is 168 Å². The molecule has 6 heteroatoms. The Morgan fingerprint density at radius 1 is 1.21 bits per heavy atom. The van der Waals surface area contributed by atoms with Crippen LogP contribution in [0.5, 0.6) is 5.75 Å². The Morgan fingerprint density at radius 2 is 1.96 bits per heavy atom. The molecule has 3 rings (SSSR count). The second-order valence-corrected chi connectivity index (χ2v) is 7.59. The molecule has 0 aliphatic heterocycles. The highest BCUT2D eigenvalue weighted by Crippen LogP contribution is 2.26. The van der Waals surface area contributed by atoms with Gasteiger partial charge in [-0.15, -0.1) is 0 Å². The molecule has 0 radical (unpaired) electrons. The largest absolute Gasteiger partial charge is 0.497 e. The molecular weight excluding hydrogens is 372 g/mol. The SMILES string of the molecule is CC[C@@H](C)c1ccc(N=C(N)SCc2cc(=O)oc3cc(OC)ccc23)cc1. The number of rotatable bonds is 6. The number of aliphatic imine (C=N–C) groups is 1. The van der Waals surface area contributed by atoms with E-state index in [9.17, 15) is 4.79 Å². The quantitative estimate of drug-likeness (QED) is 0.352. The van der Waals surface area contributed by atoms with E-state index in [1.165, 1.54) is 23.4 Å². The summed E-state index contributed by atoms with van der Waals surface area (Å²) < 4.78 is 10.5. The molecule has 0 unspecified atom stereocenters. The molecule has 5 nitrogen and oxygen atoms in total. The third-order valence-corrected chi connectivity index (χ3v) is 5.57. The predicted molar refractivity (Wildman–Crippen MR) is 117 cm³/mol. The van der Waals surface area contributed by atoms with E-state index in [1.807, 2.05) is 24.3 Å². The normalized spacial score (nSPS) is 12.9. The van der Waals surface area contributed by atoms with Crippen LogP contribution in [0, 0.1) is 0 Å². The van der Waals surface area contributed by atoms with Gasteiger partial charge in [-0.05, 0) is 47.7 Å². The fourth-order valence-electron chi connectivity index (χ4n) is 2.88. The molecule has 0 aliphatic rings. The van der Waals surface area contributed by atoms with Crippen LogP contribution in [0.2, 0.25) is 0 Å². The highest BCUT2D eigenvalue weighted by molar-refractivity contribution is 8.13. The number of methoxy groups -OCH3 is 1. The number of fused-ring (bicyclic) bond motifs is 1. The molecule has 1 aromatic heterocycles. The van der Waals surface area contributed by atoms with E-state index in [0.29, 0.717) is 28.2 Å². The van der Waals surface area contributed by atoms with E-state index < -0.39 is 5.63 Å². The zero-order valence-corrected chi connectivity index (χ0v) is 17.1. The first-order chi connectivity index (χ1) is 13.5. The monoisotopic (exact) mass is 396 g/mol. The third-order valence-electron chi connectivity index (χ3n) is 4.73. The molecule has 0 fully saturated rings. The maximum atomic E-state index is 11.9. The van der Waals surface area contributed by atoms with Crippen molar-refractivity contribution in [1.29, 1.82) is 0 Å². The number of benzene rings is 2. The lowest BCUT2D eigenvalue weighted by Crippen LogP contribution is -2.07. The van der Waals surface area contributed by atoms with Crippen molar-refractivity contribution in [1.82, 2.24) is 0 Å². The van der Waals surface area contributed by atoms with Gasteiger partial charge >= 0.3 is 5.63 Å². The van der Waals surface area contributed by atoms with E-state index >= 15 is 0 Å². The fourth-order valence-corrected chi connectivity index (χ4v) is 3.59. The summed E-state index contributed by atoms with van der Waals surface area (Å²) in [4.78, 5) is 16.3. The van der Waals surface area contributed by atoms with Crippen LogP contribution in [0.4, 0.5) is 5.69 Å². The Balaban J connectivity index is 1.76. The van der Waals surface area contributed by atoms with Gasteiger partial charge < -0.3 is 14.9 Å². The van der Waals surface area contributed by atoms with Crippen molar-refractivity contribution in [3.05, 3.63) is 70.1 Å². The van der Waals surface area contributed by atoms with Crippen LogP contribution in [-0.4, -0.2) is 12.3 Å². The second kappa shape index (κ2) is 8.97. The van der Waals surface area contributed by atoms with Gasteiger partial charge in [0.05, 0.1) is 12.8 Å². The molecule has 1 atom stereocenters. The van der Waals surface area contributed by atoms with E-state index in [4.69, 9.17) is 14.9 Å². The van der Waals surface area contributed by atoms with Gasteiger partial charge in [0.2, 0.25) is 0 Å². The highest BCUT2D eigenvalue weighted by atomic mass is 32.2. The topological polar surface area (TPSA) is 77.8 Å². The number of hydrogen-bond donors (Lipinski definition) is 1. The zero-order valence-electron chi connectivity index (χ0n) is 16.3. The summed E-state index contributed by atoms with van der Waals surface area (Å²) in [5.74, 6) is 1.69. The van der Waals surface area contributed by atoms with Crippen molar-refractivity contribution in [2.24, 2.45) is 10.7 Å². The van der Waals surface area contributed by atoms with Crippen LogP contribution in [0.15, 0.2) is 62.7 Å². The molecule has 2 N–H and O–H groups in total. The van der Waals surface area contributed by atoms with Gasteiger partial charge in [-0.25, -0.2) is 9.79 Å². The molecular formula is C22H24N2O3S. The van der Waals surface area contributed by atoms with E-state index in [2.05, 4.69) is 31.0 Å². The minimum Gasteiger partial charge on any atom is -0.497 e. The molecule has 0 amide bonds. The average molecular weight is 397 g/mol. The van der Waals surface area contributed by atoms with Crippen LogP contribution in [0.25, 0.3) is 11.0 Å². The van der Waals surface area contributed by atoms with Crippen molar-refractivity contribution in [2.45, 2.75) is 31.9 Å². The number of hydrogen-bond acceptors (Lipinski definition) is 5. The van der Waals surface area contributed by atoms with Crippen LogP contribution >= 0.6 is 11.8 Å². The van der Waals surface area contributed by atoms with E-state index in [-0.39, 0.29) is 0 Å². The molecule has 0 saturated carbocycles. The Kier molecular flexibility index (Phi) is 6.41. The molecule has 0 aliphatic carbocycles. The lowest BCUT2D eigenvalue weighted by molar-refractivity contribution is 0.414. The Morgan fingerprint density at radius 3 is 2.64 bits per heavy atom. The molecule has 0 spiro atoms. The number of nitrogens with two attached hydrogens (primary N) is 1. The molecule has 28 heavy (non-hydrogen) atoms. The average Bonchev–Trinajstić information content (AvgIpc) is 2.71. The predicted octanol–water partition coefficient (Wildman–Crippen LogP) is 5.19. The first-order valence-corrected chi connectivity index (χ1v) is 10.2. The van der Waals surface area contributed by atoms with Crippen molar-refractivity contribution in [3.63, 3.8) is 0 Å². The standard InChI is InChI=1S/C22H24N2O3S/c1-4-14(2)15-5-7-17(8-6-15)24-22(23)28-13-16-11-21(25)27-20-12-18(26-3)9-10-19(16)20/h5-12,14H,4,13H2,1-3H3,(H2,23,24)/t14-/m1/s1. The summed E-state index contributed by atoms with van der Waals surface area (Å²) in [5, 5.41) is 1.31. The molecule has 0 bridgehead atoms. The zero-order chi connectivity index (χ0) is 20.1. The Bertz CT molecular complexity index is 1040.